The van der Waals surface area contributed by atoms with Crippen LogP contribution >= 0.6 is 0 Å². The van der Waals surface area contributed by atoms with Gasteiger partial charge in [0.1, 0.15) is 5.82 Å². The minimum Gasteiger partial charge on any atom is -0.278 e. The number of hydrogen-bond donors (Lipinski definition) is 0. The van der Waals surface area contributed by atoms with Crippen LogP contribution in [0.1, 0.15) is 11.4 Å². The van der Waals surface area contributed by atoms with Crippen molar-refractivity contribution >= 4 is 10.0 Å². The van der Waals surface area contributed by atoms with Crippen molar-refractivity contribution in [1.29, 1.82) is 0 Å². The SMILES string of the molecule is CS(=O)(=O)N1CCc2nn(Cc3ccccc3)c(=O)n2CC1. The molecule has 0 amide bonds. The minimum absolute atomic E-state index is 0.186. The molecule has 1 aliphatic rings. The van der Waals surface area contributed by atoms with Crippen LogP contribution in [0.15, 0.2) is 35.1 Å². The summed E-state index contributed by atoms with van der Waals surface area (Å²) in [6.45, 7) is 1.44. The molecular weight excluding hydrogens is 304 g/mol. The van der Waals surface area contributed by atoms with E-state index in [9.17, 15) is 13.2 Å². The summed E-state index contributed by atoms with van der Waals surface area (Å²) in [5.41, 5.74) is 0.824. The van der Waals surface area contributed by atoms with Gasteiger partial charge in [-0.3, -0.25) is 4.57 Å². The van der Waals surface area contributed by atoms with Crippen molar-refractivity contribution in [3.05, 3.63) is 52.2 Å². The summed E-state index contributed by atoms with van der Waals surface area (Å²) in [5.74, 6) is 0.645. The van der Waals surface area contributed by atoms with E-state index in [1.165, 1.54) is 15.2 Å². The maximum Gasteiger partial charge on any atom is 0.346 e. The van der Waals surface area contributed by atoms with Gasteiger partial charge in [-0.15, -0.1) is 0 Å². The van der Waals surface area contributed by atoms with Gasteiger partial charge in [0.15, 0.2) is 0 Å². The highest BCUT2D eigenvalue weighted by atomic mass is 32.2. The van der Waals surface area contributed by atoms with Crippen molar-refractivity contribution < 1.29 is 8.42 Å². The quantitative estimate of drug-likeness (QED) is 0.791. The Morgan fingerprint density at radius 1 is 1.14 bits per heavy atom. The molecule has 8 heteroatoms. The van der Waals surface area contributed by atoms with Gasteiger partial charge in [0.05, 0.1) is 12.8 Å². The molecule has 3 rings (SSSR count). The largest absolute Gasteiger partial charge is 0.346 e. The Morgan fingerprint density at radius 3 is 2.55 bits per heavy atom. The molecule has 0 bridgehead atoms. The van der Waals surface area contributed by atoms with E-state index in [-0.39, 0.29) is 5.69 Å². The predicted octanol–water partition coefficient (Wildman–Crippen LogP) is -0.0892. The van der Waals surface area contributed by atoms with Crippen molar-refractivity contribution in [3.8, 4) is 0 Å². The lowest BCUT2D eigenvalue weighted by molar-refractivity contribution is 0.414. The van der Waals surface area contributed by atoms with Gasteiger partial charge >= 0.3 is 5.69 Å². The van der Waals surface area contributed by atoms with Crippen molar-refractivity contribution in [2.75, 3.05) is 19.3 Å². The molecule has 2 aromatic rings. The lowest BCUT2D eigenvalue weighted by Gasteiger charge is -2.16. The fourth-order valence-electron chi connectivity index (χ4n) is 2.63. The Hall–Kier alpha value is -1.93. The minimum atomic E-state index is -3.23. The molecule has 0 saturated heterocycles. The second-order valence-electron chi connectivity index (χ2n) is 5.41. The van der Waals surface area contributed by atoms with Crippen LogP contribution in [0.5, 0.6) is 0 Å². The van der Waals surface area contributed by atoms with Crippen LogP contribution in [0, 0.1) is 0 Å². The van der Waals surface area contributed by atoms with E-state index in [1.54, 1.807) is 4.57 Å². The van der Waals surface area contributed by atoms with Crippen LogP contribution < -0.4 is 5.69 Å². The van der Waals surface area contributed by atoms with Crippen molar-refractivity contribution in [1.82, 2.24) is 18.7 Å². The summed E-state index contributed by atoms with van der Waals surface area (Å²) < 4.78 is 27.7. The average molecular weight is 322 g/mol. The highest BCUT2D eigenvalue weighted by Crippen LogP contribution is 2.08. The zero-order chi connectivity index (χ0) is 15.7. The molecule has 0 fully saturated rings. The Morgan fingerprint density at radius 2 is 1.86 bits per heavy atom. The molecule has 22 heavy (non-hydrogen) atoms. The average Bonchev–Trinajstić information content (AvgIpc) is 2.64. The van der Waals surface area contributed by atoms with E-state index in [1.807, 2.05) is 30.3 Å². The smallest absolute Gasteiger partial charge is 0.278 e. The Bertz CT molecular complexity index is 824. The maximum absolute atomic E-state index is 12.4. The molecule has 0 spiro atoms. The van der Waals surface area contributed by atoms with E-state index in [2.05, 4.69) is 5.10 Å². The van der Waals surface area contributed by atoms with Gasteiger partial charge in [-0.25, -0.2) is 17.9 Å². The third-order valence-electron chi connectivity index (χ3n) is 3.80. The standard InChI is InChI=1S/C14H18N4O3S/c1-22(20,21)16-8-7-13-15-18(14(19)17(13)10-9-16)11-12-5-3-2-4-6-12/h2-6H,7-11H2,1H3. The summed E-state index contributed by atoms with van der Waals surface area (Å²) >= 11 is 0. The molecule has 1 aromatic carbocycles. The molecule has 0 unspecified atom stereocenters. The van der Waals surface area contributed by atoms with Gasteiger partial charge < -0.3 is 0 Å². The van der Waals surface area contributed by atoms with Crippen LogP contribution in [0.2, 0.25) is 0 Å². The number of rotatable bonds is 3. The second kappa shape index (κ2) is 5.69. The zero-order valence-electron chi connectivity index (χ0n) is 12.3. The number of hydrogen-bond acceptors (Lipinski definition) is 4. The fourth-order valence-corrected chi connectivity index (χ4v) is 3.47. The van der Waals surface area contributed by atoms with E-state index >= 15 is 0 Å². The molecule has 0 aliphatic carbocycles. The van der Waals surface area contributed by atoms with E-state index in [4.69, 9.17) is 0 Å². The molecular formula is C14H18N4O3S. The number of benzene rings is 1. The van der Waals surface area contributed by atoms with Gasteiger partial charge in [-0.2, -0.15) is 9.40 Å². The molecule has 7 nitrogen and oxygen atoms in total. The second-order valence-corrected chi connectivity index (χ2v) is 7.39. The highest BCUT2D eigenvalue weighted by Gasteiger charge is 2.23. The molecule has 118 valence electrons. The first-order valence-corrected chi connectivity index (χ1v) is 8.95. The number of aromatic nitrogens is 3. The third kappa shape index (κ3) is 2.97. The summed E-state index contributed by atoms with van der Waals surface area (Å²) in [4.78, 5) is 12.4. The first-order chi connectivity index (χ1) is 10.4. The van der Waals surface area contributed by atoms with Crippen molar-refractivity contribution in [2.45, 2.75) is 19.5 Å². The third-order valence-corrected chi connectivity index (χ3v) is 5.10. The molecule has 2 heterocycles. The van der Waals surface area contributed by atoms with Crippen LogP contribution in [-0.4, -0.2) is 46.4 Å². The number of sulfonamides is 1. The summed E-state index contributed by atoms with van der Waals surface area (Å²) in [7, 11) is -3.23. The van der Waals surface area contributed by atoms with Gasteiger partial charge in [0.2, 0.25) is 10.0 Å². The monoisotopic (exact) mass is 322 g/mol. The first-order valence-electron chi connectivity index (χ1n) is 7.11. The summed E-state index contributed by atoms with van der Waals surface area (Å²) in [6, 6.07) is 9.66. The van der Waals surface area contributed by atoms with Crippen molar-refractivity contribution in [2.24, 2.45) is 0 Å². The Kier molecular flexibility index (Phi) is 3.88. The number of fused-ring (bicyclic) bond motifs is 1. The van der Waals surface area contributed by atoms with Crippen molar-refractivity contribution in [3.63, 3.8) is 0 Å². The summed E-state index contributed by atoms with van der Waals surface area (Å²) in [6.07, 6.45) is 1.64. The van der Waals surface area contributed by atoms with Gasteiger partial charge in [0, 0.05) is 26.1 Å². The topological polar surface area (TPSA) is 77.2 Å². The van der Waals surface area contributed by atoms with E-state index in [0.29, 0.717) is 38.4 Å². The highest BCUT2D eigenvalue weighted by molar-refractivity contribution is 7.88. The fraction of sp³-hybridized carbons (Fsp3) is 0.429. The summed E-state index contributed by atoms with van der Waals surface area (Å²) in [5, 5.41) is 4.37. The zero-order valence-corrected chi connectivity index (χ0v) is 13.2. The Labute approximate surface area is 128 Å². The molecule has 0 saturated carbocycles. The lowest BCUT2D eigenvalue weighted by Crippen LogP contribution is -2.34. The van der Waals surface area contributed by atoms with Gasteiger partial charge in [-0.1, -0.05) is 30.3 Å². The first kappa shape index (κ1) is 15.0. The van der Waals surface area contributed by atoms with Gasteiger partial charge in [-0.05, 0) is 5.56 Å². The molecule has 1 aromatic heterocycles. The van der Waals surface area contributed by atoms with Gasteiger partial charge in [0.25, 0.3) is 0 Å². The molecule has 0 atom stereocenters. The predicted molar refractivity (Wildman–Crippen MR) is 82.2 cm³/mol. The molecule has 1 aliphatic heterocycles. The van der Waals surface area contributed by atoms with Crippen LogP contribution in [0.25, 0.3) is 0 Å². The lowest BCUT2D eigenvalue weighted by atomic mass is 10.2. The number of nitrogens with zero attached hydrogens (tertiary/aromatic N) is 4. The van der Waals surface area contributed by atoms with Crippen LogP contribution in [0.3, 0.4) is 0 Å². The maximum atomic E-state index is 12.4. The van der Waals surface area contributed by atoms with E-state index in [0.717, 1.165) is 5.56 Å². The van der Waals surface area contributed by atoms with E-state index < -0.39 is 10.0 Å². The molecule has 0 N–H and O–H groups in total. The van der Waals surface area contributed by atoms with Crippen LogP contribution in [0.4, 0.5) is 0 Å². The molecule has 0 radical (unpaired) electrons. The normalized spacial score (nSPS) is 16.2. The Balaban J connectivity index is 1.85. The van der Waals surface area contributed by atoms with Crippen LogP contribution in [-0.2, 0) is 29.5 Å².